The Bertz CT molecular complexity index is 757. The number of fused-ring (bicyclic) bond motifs is 1. The van der Waals surface area contributed by atoms with Crippen LogP contribution >= 0.6 is 0 Å². The van der Waals surface area contributed by atoms with Gasteiger partial charge in [0.25, 0.3) is 11.7 Å². The second-order valence-electron chi connectivity index (χ2n) is 4.92. The van der Waals surface area contributed by atoms with E-state index in [2.05, 4.69) is 0 Å². The molecular weight excluding hydrogens is 285 g/mol. The van der Waals surface area contributed by atoms with Crippen LogP contribution in [-0.4, -0.2) is 18.3 Å². The van der Waals surface area contributed by atoms with Crippen molar-refractivity contribution in [3.8, 4) is 5.75 Å². The summed E-state index contributed by atoms with van der Waals surface area (Å²) in [5, 5.41) is 0. The van der Waals surface area contributed by atoms with E-state index < -0.39 is 17.5 Å². The lowest BCUT2D eigenvalue weighted by molar-refractivity contribution is -0.114. The molecule has 0 radical (unpaired) electrons. The molecule has 1 aliphatic rings. The highest BCUT2D eigenvalue weighted by Crippen LogP contribution is 2.33. The van der Waals surface area contributed by atoms with Gasteiger partial charge in [-0.3, -0.25) is 9.59 Å². The SMILES string of the molecule is CCOc1ccc2c(c1)C(=O)C(=O)N2Cc1ccccc1F. The molecule has 0 atom stereocenters. The fraction of sp³-hybridized carbons (Fsp3) is 0.176. The van der Waals surface area contributed by atoms with Gasteiger partial charge in [-0.1, -0.05) is 18.2 Å². The van der Waals surface area contributed by atoms with E-state index in [1.54, 1.807) is 36.4 Å². The van der Waals surface area contributed by atoms with Crippen LogP contribution in [0, 0.1) is 5.82 Å². The molecule has 1 amide bonds. The molecule has 0 spiro atoms. The number of ether oxygens (including phenoxy) is 1. The Hall–Kier alpha value is -2.69. The molecule has 0 unspecified atom stereocenters. The molecular formula is C17H14FNO3. The highest BCUT2D eigenvalue weighted by atomic mass is 19.1. The lowest BCUT2D eigenvalue weighted by Gasteiger charge is -2.17. The number of hydrogen-bond donors (Lipinski definition) is 0. The van der Waals surface area contributed by atoms with Gasteiger partial charge >= 0.3 is 0 Å². The molecule has 0 saturated heterocycles. The number of anilines is 1. The molecule has 4 nitrogen and oxygen atoms in total. The Kier molecular flexibility index (Phi) is 3.63. The van der Waals surface area contributed by atoms with Gasteiger partial charge in [-0.2, -0.15) is 0 Å². The van der Waals surface area contributed by atoms with Crippen LogP contribution in [0.4, 0.5) is 10.1 Å². The van der Waals surface area contributed by atoms with Gasteiger partial charge in [-0.05, 0) is 31.2 Å². The first kappa shape index (κ1) is 14.3. The zero-order valence-corrected chi connectivity index (χ0v) is 12.0. The zero-order valence-electron chi connectivity index (χ0n) is 12.0. The molecule has 2 aromatic carbocycles. The van der Waals surface area contributed by atoms with Crippen molar-refractivity contribution >= 4 is 17.4 Å². The summed E-state index contributed by atoms with van der Waals surface area (Å²) < 4.78 is 19.1. The van der Waals surface area contributed by atoms with Crippen molar-refractivity contribution < 1.29 is 18.7 Å². The monoisotopic (exact) mass is 299 g/mol. The van der Waals surface area contributed by atoms with E-state index in [0.29, 0.717) is 29.2 Å². The predicted octanol–water partition coefficient (Wildman–Crippen LogP) is 2.95. The maximum absolute atomic E-state index is 13.8. The maximum Gasteiger partial charge on any atom is 0.299 e. The molecule has 1 heterocycles. The summed E-state index contributed by atoms with van der Waals surface area (Å²) in [4.78, 5) is 25.6. The lowest BCUT2D eigenvalue weighted by atomic mass is 10.1. The Morgan fingerprint density at radius 3 is 2.64 bits per heavy atom. The number of amides is 1. The largest absolute Gasteiger partial charge is 0.494 e. The van der Waals surface area contributed by atoms with Crippen molar-refractivity contribution in [1.82, 2.24) is 0 Å². The number of hydrogen-bond acceptors (Lipinski definition) is 3. The normalized spacial score (nSPS) is 13.5. The van der Waals surface area contributed by atoms with E-state index in [4.69, 9.17) is 4.74 Å². The Morgan fingerprint density at radius 2 is 1.91 bits per heavy atom. The van der Waals surface area contributed by atoms with Gasteiger partial charge in [0.2, 0.25) is 0 Å². The van der Waals surface area contributed by atoms with Crippen molar-refractivity contribution in [2.75, 3.05) is 11.5 Å². The number of Topliss-reactive ketones (excluding diaryl/α,β-unsaturated/α-hetero) is 1. The lowest BCUT2D eigenvalue weighted by Crippen LogP contribution is -2.29. The van der Waals surface area contributed by atoms with Crippen molar-refractivity contribution in [3.05, 3.63) is 59.4 Å². The van der Waals surface area contributed by atoms with Gasteiger partial charge in [-0.15, -0.1) is 0 Å². The third-order valence-corrected chi connectivity index (χ3v) is 3.54. The van der Waals surface area contributed by atoms with Crippen LogP contribution in [0.15, 0.2) is 42.5 Å². The molecule has 112 valence electrons. The Labute approximate surface area is 127 Å². The van der Waals surface area contributed by atoms with Gasteiger partial charge in [0.05, 0.1) is 24.4 Å². The van der Waals surface area contributed by atoms with Gasteiger partial charge in [0, 0.05) is 5.56 Å². The first-order valence-corrected chi connectivity index (χ1v) is 6.98. The van der Waals surface area contributed by atoms with Crippen molar-refractivity contribution in [2.45, 2.75) is 13.5 Å². The minimum absolute atomic E-state index is 0.0260. The maximum atomic E-state index is 13.8. The summed E-state index contributed by atoms with van der Waals surface area (Å²) in [5.74, 6) is -1.10. The summed E-state index contributed by atoms with van der Waals surface area (Å²) in [6.45, 7) is 2.34. The summed E-state index contributed by atoms with van der Waals surface area (Å²) >= 11 is 0. The first-order chi connectivity index (χ1) is 10.6. The molecule has 0 fully saturated rings. The van der Waals surface area contributed by atoms with Crippen LogP contribution in [0.1, 0.15) is 22.8 Å². The molecule has 5 heteroatoms. The Balaban J connectivity index is 1.97. The number of carbonyl (C=O) groups is 2. The van der Waals surface area contributed by atoms with Crippen LogP contribution < -0.4 is 9.64 Å². The first-order valence-electron chi connectivity index (χ1n) is 6.98. The number of ketones is 1. The highest BCUT2D eigenvalue weighted by Gasteiger charge is 2.36. The third-order valence-electron chi connectivity index (χ3n) is 3.54. The smallest absolute Gasteiger partial charge is 0.299 e. The summed E-state index contributed by atoms with van der Waals surface area (Å²) in [7, 11) is 0. The van der Waals surface area contributed by atoms with Crippen LogP contribution in [0.3, 0.4) is 0 Å². The molecule has 3 rings (SSSR count). The minimum Gasteiger partial charge on any atom is -0.494 e. The molecule has 0 aromatic heterocycles. The highest BCUT2D eigenvalue weighted by molar-refractivity contribution is 6.52. The van der Waals surface area contributed by atoms with Gasteiger partial charge in [0.1, 0.15) is 11.6 Å². The molecule has 1 aliphatic heterocycles. The zero-order chi connectivity index (χ0) is 15.7. The fourth-order valence-electron chi connectivity index (χ4n) is 2.49. The predicted molar refractivity (Wildman–Crippen MR) is 79.5 cm³/mol. The summed E-state index contributed by atoms with van der Waals surface area (Å²) in [6, 6.07) is 11.1. The topological polar surface area (TPSA) is 46.6 Å². The molecule has 0 bridgehead atoms. The molecule has 22 heavy (non-hydrogen) atoms. The van der Waals surface area contributed by atoms with E-state index in [1.807, 2.05) is 6.92 Å². The van der Waals surface area contributed by atoms with E-state index in [-0.39, 0.29) is 6.54 Å². The number of carbonyl (C=O) groups excluding carboxylic acids is 2. The number of benzene rings is 2. The average molecular weight is 299 g/mol. The molecule has 0 aliphatic carbocycles. The van der Waals surface area contributed by atoms with Crippen LogP contribution in [0.5, 0.6) is 5.75 Å². The van der Waals surface area contributed by atoms with Crippen molar-refractivity contribution in [3.63, 3.8) is 0 Å². The van der Waals surface area contributed by atoms with Gasteiger partial charge < -0.3 is 9.64 Å². The number of halogens is 1. The standard InChI is InChI=1S/C17H14FNO3/c1-2-22-12-7-8-15-13(9-12)16(20)17(21)19(15)10-11-5-3-4-6-14(11)18/h3-9H,2,10H2,1H3. The van der Waals surface area contributed by atoms with Gasteiger partial charge in [-0.25, -0.2) is 4.39 Å². The van der Waals surface area contributed by atoms with E-state index in [0.717, 1.165) is 0 Å². The van der Waals surface area contributed by atoms with Crippen molar-refractivity contribution in [2.24, 2.45) is 0 Å². The molecule has 0 N–H and O–H groups in total. The van der Waals surface area contributed by atoms with Gasteiger partial charge in [0.15, 0.2) is 0 Å². The van der Waals surface area contributed by atoms with E-state index >= 15 is 0 Å². The quantitative estimate of drug-likeness (QED) is 0.815. The minimum atomic E-state index is -0.646. The molecule has 0 saturated carbocycles. The summed E-state index contributed by atoms with van der Waals surface area (Å²) in [5.41, 5.74) is 1.15. The summed E-state index contributed by atoms with van der Waals surface area (Å²) in [6.07, 6.45) is 0. The molecule has 2 aromatic rings. The number of rotatable bonds is 4. The second kappa shape index (κ2) is 5.60. The van der Waals surface area contributed by atoms with E-state index in [1.165, 1.54) is 11.0 Å². The van der Waals surface area contributed by atoms with Crippen LogP contribution in [0.2, 0.25) is 0 Å². The van der Waals surface area contributed by atoms with Crippen LogP contribution in [0.25, 0.3) is 0 Å². The third kappa shape index (κ3) is 2.35. The number of nitrogens with zero attached hydrogens (tertiary/aromatic N) is 1. The van der Waals surface area contributed by atoms with Crippen LogP contribution in [-0.2, 0) is 11.3 Å². The van der Waals surface area contributed by atoms with E-state index in [9.17, 15) is 14.0 Å². The second-order valence-corrected chi connectivity index (χ2v) is 4.92. The average Bonchev–Trinajstić information content (AvgIpc) is 2.75. The Morgan fingerprint density at radius 1 is 1.14 bits per heavy atom. The van der Waals surface area contributed by atoms with Crippen molar-refractivity contribution in [1.29, 1.82) is 0 Å². The fourth-order valence-corrected chi connectivity index (χ4v) is 2.49.